The molecule has 2 aromatic rings. The highest BCUT2D eigenvalue weighted by molar-refractivity contribution is 5.72. The molecule has 0 radical (unpaired) electrons. The number of aromatic nitrogens is 1. The number of methoxy groups -OCH3 is 1. The quantitative estimate of drug-likeness (QED) is 0.625. The summed E-state index contributed by atoms with van der Waals surface area (Å²) in [6, 6.07) is 8.96. The molecular formula is C18H18N2O4. The molecule has 6 heteroatoms. The van der Waals surface area contributed by atoms with Gasteiger partial charge in [0.25, 0.3) is 5.56 Å². The van der Waals surface area contributed by atoms with Crippen LogP contribution < -0.4 is 15.0 Å². The Balaban J connectivity index is 2.38. The summed E-state index contributed by atoms with van der Waals surface area (Å²) < 4.78 is 15.9. The molecule has 0 fully saturated rings. The molecule has 1 aromatic carbocycles. The monoisotopic (exact) mass is 326 g/mol. The Bertz CT molecular complexity index is 834. The van der Waals surface area contributed by atoms with E-state index in [2.05, 4.69) is 11.6 Å². The number of benzene rings is 1. The zero-order chi connectivity index (χ0) is 17.5. The standard InChI is InChI=1S/C18H18N2O4/c1-4-23-7-8-24-16-6-5-13(10-17(16)22-3)14-9-12(2)20-18(21)15(14)11-19/h4-6,9-10H,1,7-8H2,2-3H3,(H,20,21). The van der Waals surface area contributed by atoms with Crippen LogP contribution >= 0.6 is 0 Å². The van der Waals surface area contributed by atoms with Gasteiger partial charge in [0.1, 0.15) is 24.8 Å². The number of ether oxygens (including phenoxy) is 3. The Morgan fingerprint density at radius 3 is 2.75 bits per heavy atom. The molecule has 6 nitrogen and oxygen atoms in total. The lowest BCUT2D eigenvalue weighted by Crippen LogP contribution is -2.12. The SMILES string of the molecule is C=COCCOc1ccc(-c2cc(C)[nH]c(=O)c2C#N)cc1OC. The molecule has 2 rings (SSSR count). The Kier molecular flexibility index (Phi) is 5.63. The van der Waals surface area contributed by atoms with Crippen LogP contribution in [0, 0.1) is 18.3 Å². The lowest BCUT2D eigenvalue weighted by Gasteiger charge is -2.13. The third-order valence-corrected chi connectivity index (χ3v) is 3.33. The molecule has 0 saturated heterocycles. The van der Waals surface area contributed by atoms with Crippen LogP contribution in [0.25, 0.3) is 11.1 Å². The number of nitrogens with one attached hydrogen (secondary N) is 1. The second kappa shape index (κ2) is 7.88. The number of aryl methyl sites for hydroxylation is 1. The number of aromatic amines is 1. The van der Waals surface area contributed by atoms with Gasteiger partial charge in [-0.1, -0.05) is 12.6 Å². The molecule has 0 saturated carbocycles. The van der Waals surface area contributed by atoms with Gasteiger partial charge in [-0.15, -0.1) is 0 Å². The first-order valence-electron chi connectivity index (χ1n) is 7.28. The van der Waals surface area contributed by atoms with Crippen molar-refractivity contribution in [3.8, 4) is 28.7 Å². The van der Waals surface area contributed by atoms with E-state index in [4.69, 9.17) is 14.2 Å². The summed E-state index contributed by atoms with van der Waals surface area (Å²) in [4.78, 5) is 14.6. The smallest absolute Gasteiger partial charge is 0.266 e. The van der Waals surface area contributed by atoms with Crippen molar-refractivity contribution in [2.24, 2.45) is 0 Å². The topological polar surface area (TPSA) is 84.3 Å². The van der Waals surface area contributed by atoms with Gasteiger partial charge in [-0.2, -0.15) is 5.26 Å². The number of hydrogen-bond acceptors (Lipinski definition) is 5. The van der Waals surface area contributed by atoms with Crippen molar-refractivity contribution in [3.63, 3.8) is 0 Å². The van der Waals surface area contributed by atoms with Crippen LogP contribution in [0.4, 0.5) is 0 Å². The number of nitriles is 1. The molecular weight excluding hydrogens is 308 g/mol. The van der Waals surface area contributed by atoms with E-state index in [1.807, 2.05) is 6.07 Å². The zero-order valence-electron chi connectivity index (χ0n) is 13.6. The van der Waals surface area contributed by atoms with Crippen LogP contribution in [-0.4, -0.2) is 25.3 Å². The van der Waals surface area contributed by atoms with Gasteiger partial charge >= 0.3 is 0 Å². The summed E-state index contributed by atoms with van der Waals surface area (Å²) in [6.07, 6.45) is 1.35. The summed E-state index contributed by atoms with van der Waals surface area (Å²) in [6.45, 7) is 5.94. The third-order valence-electron chi connectivity index (χ3n) is 3.33. The molecule has 0 aliphatic carbocycles. The minimum Gasteiger partial charge on any atom is -0.498 e. The Hall–Kier alpha value is -3.20. The Morgan fingerprint density at radius 2 is 2.08 bits per heavy atom. The van der Waals surface area contributed by atoms with Crippen molar-refractivity contribution in [2.75, 3.05) is 20.3 Å². The van der Waals surface area contributed by atoms with Gasteiger partial charge in [0.05, 0.1) is 13.4 Å². The lowest BCUT2D eigenvalue weighted by atomic mass is 10.0. The predicted octanol–water partition coefficient (Wildman–Crippen LogP) is 2.77. The molecule has 24 heavy (non-hydrogen) atoms. The van der Waals surface area contributed by atoms with Crippen LogP contribution in [-0.2, 0) is 4.74 Å². The lowest BCUT2D eigenvalue weighted by molar-refractivity contribution is 0.176. The minimum absolute atomic E-state index is 0.0655. The molecule has 124 valence electrons. The van der Waals surface area contributed by atoms with Gasteiger partial charge in [0.15, 0.2) is 11.5 Å². The van der Waals surface area contributed by atoms with E-state index >= 15 is 0 Å². The van der Waals surface area contributed by atoms with Gasteiger partial charge in [0, 0.05) is 11.3 Å². The van der Waals surface area contributed by atoms with E-state index in [-0.39, 0.29) is 5.56 Å². The van der Waals surface area contributed by atoms with Crippen LogP contribution in [0.3, 0.4) is 0 Å². The maximum Gasteiger partial charge on any atom is 0.266 e. The molecule has 0 spiro atoms. The summed E-state index contributed by atoms with van der Waals surface area (Å²) >= 11 is 0. The van der Waals surface area contributed by atoms with E-state index in [9.17, 15) is 10.1 Å². The van der Waals surface area contributed by atoms with Gasteiger partial charge in [-0.3, -0.25) is 4.79 Å². The largest absolute Gasteiger partial charge is 0.498 e. The molecule has 1 N–H and O–H groups in total. The highest BCUT2D eigenvalue weighted by atomic mass is 16.5. The van der Waals surface area contributed by atoms with Gasteiger partial charge in [-0.25, -0.2) is 0 Å². The predicted molar refractivity (Wildman–Crippen MR) is 90.1 cm³/mol. The molecule has 0 aliphatic heterocycles. The van der Waals surface area contributed by atoms with Crippen LogP contribution in [0.5, 0.6) is 11.5 Å². The van der Waals surface area contributed by atoms with Crippen molar-refractivity contribution in [3.05, 3.63) is 58.7 Å². The van der Waals surface area contributed by atoms with E-state index in [0.717, 1.165) is 0 Å². The fourth-order valence-electron chi connectivity index (χ4n) is 2.26. The number of nitrogens with zero attached hydrogens (tertiary/aromatic N) is 1. The summed E-state index contributed by atoms with van der Waals surface area (Å²) in [7, 11) is 1.53. The molecule has 0 aliphatic rings. The summed E-state index contributed by atoms with van der Waals surface area (Å²) in [5.41, 5.74) is 1.59. The molecule has 0 unspecified atom stereocenters. The zero-order valence-corrected chi connectivity index (χ0v) is 13.6. The van der Waals surface area contributed by atoms with E-state index in [1.54, 1.807) is 31.2 Å². The van der Waals surface area contributed by atoms with E-state index < -0.39 is 5.56 Å². The fraction of sp³-hybridized carbons (Fsp3) is 0.222. The third kappa shape index (κ3) is 3.76. The Labute approximate surface area is 139 Å². The highest BCUT2D eigenvalue weighted by Gasteiger charge is 2.13. The normalized spacial score (nSPS) is 9.88. The Morgan fingerprint density at radius 1 is 1.29 bits per heavy atom. The average Bonchev–Trinajstić information content (AvgIpc) is 2.58. The van der Waals surface area contributed by atoms with Gasteiger partial charge < -0.3 is 19.2 Å². The number of pyridine rings is 1. The van der Waals surface area contributed by atoms with E-state index in [1.165, 1.54) is 13.4 Å². The average molecular weight is 326 g/mol. The number of H-pyrrole nitrogens is 1. The fourth-order valence-corrected chi connectivity index (χ4v) is 2.26. The molecule has 0 atom stereocenters. The molecule has 0 bridgehead atoms. The summed E-state index contributed by atoms with van der Waals surface area (Å²) in [5.74, 6) is 1.06. The van der Waals surface area contributed by atoms with Crippen molar-refractivity contribution < 1.29 is 14.2 Å². The highest BCUT2D eigenvalue weighted by Crippen LogP contribution is 2.33. The first-order valence-corrected chi connectivity index (χ1v) is 7.28. The minimum atomic E-state index is -0.409. The second-order valence-electron chi connectivity index (χ2n) is 4.93. The van der Waals surface area contributed by atoms with Crippen molar-refractivity contribution in [2.45, 2.75) is 6.92 Å². The number of rotatable bonds is 7. The molecule has 1 heterocycles. The number of hydrogen-bond donors (Lipinski definition) is 1. The first-order chi connectivity index (χ1) is 11.6. The second-order valence-corrected chi connectivity index (χ2v) is 4.93. The van der Waals surface area contributed by atoms with Crippen molar-refractivity contribution in [1.82, 2.24) is 4.98 Å². The van der Waals surface area contributed by atoms with Gasteiger partial charge in [-0.05, 0) is 30.7 Å². The molecule has 1 aromatic heterocycles. The first kappa shape index (κ1) is 17.2. The van der Waals surface area contributed by atoms with Crippen LogP contribution in [0.15, 0.2) is 41.9 Å². The van der Waals surface area contributed by atoms with Crippen LogP contribution in [0.1, 0.15) is 11.3 Å². The molecule has 0 amide bonds. The van der Waals surface area contributed by atoms with Crippen LogP contribution in [0.2, 0.25) is 0 Å². The van der Waals surface area contributed by atoms with Crippen molar-refractivity contribution in [1.29, 1.82) is 5.26 Å². The van der Waals surface area contributed by atoms with Gasteiger partial charge in [0.2, 0.25) is 0 Å². The maximum absolute atomic E-state index is 11.9. The van der Waals surface area contributed by atoms with Crippen molar-refractivity contribution >= 4 is 0 Å². The maximum atomic E-state index is 11.9. The van der Waals surface area contributed by atoms with E-state index in [0.29, 0.717) is 41.5 Å². The summed E-state index contributed by atoms with van der Waals surface area (Å²) in [5, 5.41) is 9.25.